The molecule has 1 aromatic heterocycles. The third-order valence-electron chi connectivity index (χ3n) is 3.01. The number of nitrogens with zero attached hydrogens (tertiary/aromatic N) is 3. The summed E-state index contributed by atoms with van der Waals surface area (Å²) in [4.78, 5) is 18.3. The van der Waals surface area contributed by atoms with Crippen molar-refractivity contribution < 1.29 is 4.79 Å². The number of H-pyrrole nitrogens is 1. The summed E-state index contributed by atoms with van der Waals surface area (Å²) < 4.78 is 0. The fraction of sp³-hybridized carbons (Fsp3) is 0.615. The number of carbonyl (C=O) groups excluding carboxylic acids is 1. The Labute approximate surface area is 107 Å². The third kappa shape index (κ3) is 2.60. The van der Waals surface area contributed by atoms with E-state index < -0.39 is 0 Å². The van der Waals surface area contributed by atoms with E-state index in [0.717, 1.165) is 18.8 Å². The Kier molecular flexibility index (Phi) is 3.24. The summed E-state index contributed by atoms with van der Waals surface area (Å²) in [6, 6.07) is 0. The molecule has 0 saturated heterocycles. The van der Waals surface area contributed by atoms with E-state index in [9.17, 15) is 4.79 Å². The predicted molar refractivity (Wildman–Crippen MR) is 69.4 cm³/mol. The monoisotopic (exact) mass is 248 g/mol. The van der Waals surface area contributed by atoms with Crippen LogP contribution in [0.15, 0.2) is 11.6 Å². The lowest BCUT2D eigenvalue weighted by Crippen LogP contribution is -2.36. The first-order valence-electron chi connectivity index (χ1n) is 6.26. The summed E-state index contributed by atoms with van der Waals surface area (Å²) >= 11 is 0. The first kappa shape index (κ1) is 12.8. The van der Waals surface area contributed by atoms with Gasteiger partial charge in [-0.25, -0.2) is 4.98 Å². The molecule has 0 radical (unpaired) electrons. The highest BCUT2D eigenvalue weighted by molar-refractivity contribution is 5.90. The van der Waals surface area contributed by atoms with Crippen molar-refractivity contribution in [2.45, 2.75) is 39.5 Å². The molecule has 1 N–H and O–H groups in total. The van der Waals surface area contributed by atoms with Crippen LogP contribution in [0.1, 0.15) is 50.6 Å². The van der Waals surface area contributed by atoms with Gasteiger partial charge in [0.05, 0.1) is 0 Å². The Morgan fingerprint density at radius 3 is 2.72 bits per heavy atom. The largest absolute Gasteiger partial charge is 0.332 e. The number of amides is 1. The molecule has 0 aliphatic carbocycles. The van der Waals surface area contributed by atoms with Crippen molar-refractivity contribution >= 4 is 5.91 Å². The van der Waals surface area contributed by atoms with Crippen molar-refractivity contribution in [3.8, 4) is 0 Å². The minimum Gasteiger partial charge on any atom is -0.332 e. The highest BCUT2D eigenvalue weighted by atomic mass is 16.2. The molecule has 5 heteroatoms. The molecule has 1 aliphatic heterocycles. The molecule has 0 fully saturated rings. The van der Waals surface area contributed by atoms with Gasteiger partial charge in [0.15, 0.2) is 0 Å². The van der Waals surface area contributed by atoms with E-state index in [0.29, 0.717) is 6.54 Å². The number of hydrogen-bond acceptors (Lipinski definition) is 3. The summed E-state index contributed by atoms with van der Waals surface area (Å²) in [5.41, 5.74) is 1.10. The summed E-state index contributed by atoms with van der Waals surface area (Å²) in [5, 5.41) is 6.89. The van der Waals surface area contributed by atoms with Crippen molar-refractivity contribution in [2.75, 3.05) is 13.1 Å². The zero-order valence-corrected chi connectivity index (χ0v) is 11.4. The molecule has 2 rings (SSSR count). The van der Waals surface area contributed by atoms with Crippen LogP contribution >= 0.6 is 0 Å². The van der Waals surface area contributed by atoms with Crippen LogP contribution in [-0.2, 0) is 5.41 Å². The normalized spacial score (nSPS) is 16.7. The summed E-state index contributed by atoms with van der Waals surface area (Å²) in [7, 11) is 0. The quantitative estimate of drug-likeness (QED) is 0.772. The van der Waals surface area contributed by atoms with Crippen LogP contribution in [-0.4, -0.2) is 39.1 Å². The molecule has 5 nitrogen and oxygen atoms in total. The molecule has 2 heterocycles. The van der Waals surface area contributed by atoms with Gasteiger partial charge in [0.1, 0.15) is 5.82 Å². The number of rotatable bonds is 1. The van der Waals surface area contributed by atoms with E-state index in [4.69, 9.17) is 0 Å². The van der Waals surface area contributed by atoms with Gasteiger partial charge in [-0.2, -0.15) is 0 Å². The van der Waals surface area contributed by atoms with E-state index in [-0.39, 0.29) is 17.1 Å². The van der Waals surface area contributed by atoms with E-state index in [2.05, 4.69) is 21.3 Å². The molecule has 0 unspecified atom stereocenters. The molecular weight excluding hydrogens is 228 g/mol. The Morgan fingerprint density at radius 2 is 2.17 bits per heavy atom. The average molecular weight is 248 g/mol. The average Bonchev–Trinajstić information content (AvgIpc) is 2.77. The standard InChI is InChI=1S/C13H20N4O/c1-9-6-5-7-17(8-9)11(18)10-14-12(16-15-10)13(2,3)4/h6H,5,7-8H2,1-4H3,(H,14,15,16). The molecule has 18 heavy (non-hydrogen) atoms. The lowest BCUT2D eigenvalue weighted by atomic mass is 9.96. The maximum atomic E-state index is 12.2. The van der Waals surface area contributed by atoms with Gasteiger partial charge in [-0.15, -0.1) is 5.10 Å². The molecule has 0 saturated carbocycles. The van der Waals surface area contributed by atoms with E-state index in [1.807, 2.05) is 27.7 Å². The molecular formula is C13H20N4O. The number of aromatic amines is 1. The maximum absolute atomic E-state index is 12.2. The summed E-state index contributed by atoms with van der Waals surface area (Å²) in [6.45, 7) is 9.58. The Bertz CT molecular complexity index is 481. The highest BCUT2D eigenvalue weighted by Crippen LogP contribution is 2.18. The van der Waals surface area contributed by atoms with Crippen LogP contribution in [0, 0.1) is 0 Å². The van der Waals surface area contributed by atoms with Gasteiger partial charge in [-0.05, 0) is 13.3 Å². The SMILES string of the molecule is CC1=CCCN(C(=O)c2n[nH]c(C(C)(C)C)n2)C1. The highest BCUT2D eigenvalue weighted by Gasteiger charge is 2.25. The maximum Gasteiger partial charge on any atom is 0.293 e. The summed E-state index contributed by atoms with van der Waals surface area (Å²) in [6.07, 6.45) is 3.08. The van der Waals surface area contributed by atoms with Crippen molar-refractivity contribution in [1.29, 1.82) is 0 Å². The van der Waals surface area contributed by atoms with Crippen LogP contribution in [0.2, 0.25) is 0 Å². The van der Waals surface area contributed by atoms with Gasteiger partial charge in [0.25, 0.3) is 5.91 Å². The van der Waals surface area contributed by atoms with Gasteiger partial charge in [-0.3, -0.25) is 9.89 Å². The molecule has 0 atom stereocenters. The second kappa shape index (κ2) is 4.55. The molecule has 1 aliphatic rings. The molecule has 1 aromatic rings. The minimum absolute atomic E-state index is 0.0887. The molecule has 0 spiro atoms. The molecule has 1 amide bonds. The van der Waals surface area contributed by atoms with E-state index in [1.165, 1.54) is 5.57 Å². The lowest BCUT2D eigenvalue weighted by Gasteiger charge is -2.24. The van der Waals surface area contributed by atoms with Crippen molar-refractivity contribution in [3.05, 3.63) is 23.3 Å². The van der Waals surface area contributed by atoms with Crippen LogP contribution in [0.4, 0.5) is 0 Å². The fourth-order valence-electron chi connectivity index (χ4n) is 1.92. The first-order valence-corrected chi connectivity index (χ1v) is 6.26. The number of hydrogen-bond donors (Lipinski definition) is 1. The lowest BCUT2D eigenvalue weighted by molar-refractivity contribution is 0.0754. The zero-order valence-electron chi connectivity index (χ0n) is 11.4. The van der Waals surface area contributed by atoms with E-state index >= 15 is 0 Å². The number of aromatic nitrogens is 3. The summed E-state index contributed by atoms with van der Waals surface area (Å²) in [5.74, 6) is 0.930. The van der Waals surface area contributed by atoms with Crippen LogP contribution in [0.25, 0.3) is 0 Å². The zero-order chi connectivity index (χ0) is 13.3. The second-order valence-electron chi connectivity index (χ2n) is 5.82. The third-order valence-corrected chi connectivity index (χ3v) is 3.01. The predicted octanol–water partition coefficient (Wildman–Crippen LogP) is 1.89. The first-order chi connectivity index (χ1) is 8.38. The van der Waals surface area contributed by atoms with Crippen LogP contribution in [0.3, 0.4) is 0 Å². The van der Waals surface area contributed by atoms with Gasteiger partial charge in [0, 0.05) is 18.5 Å². The molecule has 0 bridgehead atoms. The van der Waals surface area contributed by atoms with Gasteiger partial charge < -0.3 is 4.90 Å². The van der Waals surface area contributed by atoms with Gasteiger partial charge >= 0.3 is 0 Å². The second-order valence-corrected chi connectivity index (χ2v) is 5.82. The van der Waals surface area contributed by atoms with Crippen molar-refractivity contribution in [2.24, 2.45) is 0 Å². The minimum atomic E-state index is -0.122. The number of carbonyl (C=O) groups is 1. The topological polar surface area (TPSA) is 61.9 Å². The van der Waals surface area contributed by atoms with Crippen LogP contribution < -0.4 is 0 Å². The molecule has 98 valence electrons. The van der Waals surface area contributed by atoms with Crippen molar-refractivity contribution in [1.82, 2.24) is 20.1 Å². The fourth-order valence-corrected chi connectivity index (χ4v) is 1.92. The Hall–Kier alpha value is -1.65. The number of nitrogens with one attached hydrogen (secondary N) is 1. The smallest absolute Gasteiger partial charge is 0.293 e. The van der Waals surface area contributed by atoms with Gasteiger partial charge in [0.2, 0.25) is 5.82 Å². The Morgan fingerprint density at radius 1 is 1.44 bits per heavy atom. The van der Waals surface area contributed by atoms with Crippen LogP contribution in [0.5, 0.6) is 0 Å². The Balaban J connectivity index is 2.15. The van der Waals surface area contributed by atoms with Gasteiger partial charge in [-0.1, -0.05) is 32.4 Å². The van der Waals surface area contributed by atoms with E-state index in [1.54, 1.807) is 4.90 Å². The molecule has 0 aromatic carbocycles. The van der Waals surface area contributed by atoms with Crippen molar-refractivity contribution in [3.63, 3.8) is 0 Å².